The fourth-order valence-corrected chi connectivity index (χ4v) is 3.13. The molecule has 0 bridgehead atoms. The monoisotopic (exact) mass is 364 g/mol. The highest BCUT2D eigenvalue weighted by atomic mass is 16.5. The second-order valence-electron chi connectivity index (χ2n) is 6.53. The highest BCUT2D eigenvalue weighted by Crippen LogP contribution is 2.22. The summed E-state index contributed by atoms with van der Waals surface area (Å²) in [6.07, 6.45) is 3.28. The molecule has 1 heterocycles. The first-order valence-corrected chi connectivity index (χ1v) is 9.20. The van der Waals surface area contributed by atoms with E-state index in [1.54, 1.807) is 33.4 Å². The first-order chi connectivity index (χ1) is 12.7. The minimum atomic E-state index is 0.248. The first-order valence-electron chi connectivity index (χ1n) is 9.20. The molecule has 1 fully saturated rings. The van der Waals surface area contributed by atoms with Crippen molar-refractivity contribution in [1.29, 1.82) is 0 Å². The Bertz CT molecular complexity index is 572. The van der Waals surface area contributed by atoms with E-state index in [0.717, 1.165) is 62.8 Å². The molecular weight excluding hydrogens is 332 g/mol. The quantitative estimate of drug-likeness (QED) is 0.369. The van der Waals surface area contributed by atoms with Gasteiger partial charge in [0.15, 0.2) is 5.96 Å². The maximum Gasteiger partial charge on any atom is 0.191 e. The van der Waals surface area contributed by atoms with Crippen LogP contribution in [0.3, 0.4) is 0 Å². The third-order valence-electron chi connectivity index (χ3n) is 4.71. The van der Waals surface area contributed by atoms with Gasteiger partial charge in [-0.3, -0.25) is 4.99 Å². The predicted molar refractivity (Wildman–Crippen MR) is 104 cm³/mol. The van der Waals surface area contributed by atoms with Crippen LogP contribution in [0.5, 0.6) is 11.5 Å². The SMILES string of the molecule is CN=C(NCc1cc(OC)ccc1O)NC1CCN(CCCOC)CC1. The number of piperidine rings is 1. The van der Waals surface area contributed by atoms with Gasteiger partial charge >= 0.3 is 0 Å². The zero-order valence-corrected chi connectivity index (χ0v) is 16.1. The molecular formula is C19H32N4O3. The van der Waals surface area contributed by atoms with Gasteiger partial charge in [0.25, 0.3) is 0 Å². The van der Waals surface area contributed by atoms with E-state index in [9.17, 15) is 5.11 Å². The summed E-state index contributed by atoms with van der Waals surface area (Å²) in [5, 5.41) is 16.7. The number of nitrogens with zero attached hydrogens (tertiary/aromatic N) is 2. The van der Waals surface area contributed by atoms with Crippen LogP contribution in [0.4, 0.5) is 0 Å². The van der Waals surface area contributed by atoms with Crippen LogP contribution >= 0.6 is 0 Å². The molecule has 0 amide bonds. The molecule has 0 aliphatic carbocycles. The number of aromatic hydroxyl groups is 1. The van der Waals surface area contributed by atoms with E-state index < -0.39 is 0 Å². The average Bonchev–Trinajstić information content (AvgIpc) is 2.67. The van der Waals surface area contributed by atoms with Crippen molar-refractivity contribution in [3.05, 3.63) is 23.8 Å². The van der Waals surface area contributed by atoms with E-state index in [1.165, 1.54) is 0 Å². The number of nitrogens with one attached hydrogen (secondary N) is 2. The minimum absolute atomic E-state index is 0.248. The fourth-order valence-electron chi connectivity index (χ4n) is 3.13. The molecule has 0 atom stereocenters. The highest BCUT2D eigenvalue weighted by molar-refractivity contribution is 5.80. The molecule has 1 aliphatic rings. The number of rotatable bonds is 8. The smallest absolute Gasteiger partial charge is 0.191 e. The lowest BCUT2D eigenvalue weighted by Crippen LogP contribution is -2.48. The summed E-state index contributed by atoms with van der Waals surface area (Å²) in [7, 11) is 5.13. The predicted octanol–water partition coefficient (Wildman–Crippen LogP) is 1.57. The zero-order valence-electron chi connectivity index (χ0n) is 16.1. The molecule has 0 unspecified atom stereocenters. The molecule has 7 nitrogen and oxygen atoms in total. The Morgan fingerprint density at radius 3 is 2.73 bits per heavy atom. The van der Waals surface area contributed by atoms with Crippen molar-refractivity contribution in [2.24, 2.45) is 4.99 Å². The number of likely N-dealkylation sites (tertiary alicyclic amines) is 1. The Morgan fingerprint density at radius 2 is 2.08 bits per heavy atom. The first kappa shape index (κ1) is 20.3. The summed E-state index contributed by atoms with van der Waals surface area (Å²) >= 11 is 0. The third-order valence-corrected chi connectivity index (χ3v) is 4.71. The maximum atomic E-state index is 9.99. The number of hydrogen-bond acceptors (Lipinski definition) is 5. The van der Waals surface area contributed by atoms with E-state index in [0.29, 0.717) is 12.6 Å². The van der Waals surface area contributed by atoms with E-state index in [-0.39, 0.29) is 5.75 Å². The second-order valence-corrected chi connectivity index (χ2v) is 6.53. The van der Waals surface area contributed by atoms with Crippen molar-refractivity contribution >= 4 is 5.96 Å². The van der Waals surface area contributed by atoms with Gasteiger partial charge in [-0.2, -0.15) is 0 Å². The average molecular weight is 364 g/mol. The second kappa shape index (κ2) is 10.9. The summed E-state index contributed by atoms with van der Waals surface area (Å²) in [5.41, 5.74) is 0.778. The van der Waals surface area contributed by atoms with Crippen molar-refractivity contribution < 1.29 is 14.6 Å². The minimum Gasteiger partial charge on any atom is -0.508 e. The van der Waals surface area contributed by atoms with Crippen LogP contribution in [0.25, 0.3) is 0 Å². The standard InChI is InChI=1S/C19H32N4O3/c1-20-19(21-14-15-13-17(26-3)5-6-18(15)24)22-16-7-10-23(11-8-16)9-4-12-25-2/h5-6,13,16,24H,4,7-12,14H2,1-3H3,(H2,20,21,22). The molecule has 0 aromatic heterocycles. The Hall–Kier alpha value is -1.99. The van der Waals surface area contributed by atoms with E-state index in [1.807, 2.05) is 6.07 Å². The molecule has 26 heavy (non-hydrogen) atoms. The number of guanidine groups is 1. The van der Waals surface area contributed by atoms with Gasteiger partial charge in [-0.15, -0.1) is 0 Å². The number of phenolic OH excluding ortho intramolecular Hbond substituents is 1. The molecule has 0 radical (unpaired) electrons. The van der Waals surface area contributed by atoms with Crippen LogP contribution in [0.15, 0.2) is 23.2 Å². The number of methoxy groups -OCH3 is 2. The number of aliphatic imine (C=N–C) groups is 1. The molecule has 1 aromatic rings. The molecule has 0 saturated carbocycles. The van der Waals surface area contributed by atoms with Crippen LogP contribution in [-0.4, -0.2) is 69.5 Å². The van der Waals surface area contributed by atoms with Crippen LogP contribution < -0.4 is 15.4 Å². The Balaban J connectivity index is 1.76. The van der Waals surface area contributed by atoms with Gasteiger partial charge in [-0.25, -0.2) is 0 Å². The number of benzene rings is 1. The van der Waals surface area contributed by atoms with Crippen LogP contribution in [0, 0.1) is 0 Å². The number of hydrogen-bond donors (Lipinski definition) is 3. The molecule has 1 aromatic carbocycles. The summed E-state index contributed by atoms with van der Waals surface area (Å²) in [6.45, 7) is 4.59. The molecule has 146 valence electrons. The van der Waals surface area contributed by atoms with Crippen LogP contribution in [-0.2, 0) is 11.3 Å². The molecule has 0 spiro atoms. The largest absolute Gasteiger partial charge is 0.508 e. The third kappa shape index (κ3) is 6.38. The van der Waals surface area contributed by atoms with Gasteiger partial charge < -0.3 is 30.1 Å². The number of phenols is 1. The zero-order chi connectivity index (χ0) is 18.8. The van der Waals surface area contributed by atoms with Crippen LogP contribution in [0.2, 0.25) is 0 Å². The van der Waals surface area contributed by atoms with Crippen molar-refractivity contribution in [3.8, 4) is 11.5 Å². The van der Waals surface area contributed by atoms with Gasteiger partial charge in [0.1, 0.15) is 11.5 Å². The summed E-state index contributed by atoms with van der Waals surface area (Å²) < 4.78 is 10.3. The van der Waals surface area contributed by atoms with Crippen molar-refractivity contribution in [3.63, 3.8) is 0 Å². The fraction of sp³-hybridized carbons (Fsp3) is 0.632. The normalized spacial score (nSPS) is 16.5. The van der Waals surface area contributed by atoms with Crippen LogP contribution in [0.1, 0.15) is 24.8 Å². The Kier molecular flexibility index (Phi) is 8.50. The lowest BCUT2D eigenvalue weighted by molar-refractivity contribution is 0.155. The van der Waals surface area contributed by atoms with E-state index in [2.05, 4.69) is 20.5 Å². The van der Waals surface area contributed by atoms with E-state index in [4.69, 9.17) is 9.47 Å². The number of ether oxygens (including phenoxy) is 2. The highest BCUT2D eigenvalue weighted by Gasteiger charge is 2.19. The van der Waals surface area contributed by atoms with E-state index >= 15 is 0 Å². The van der Waals surface area contributed by atoms with Gasteiger partial charge in [0.2, 0.25) is 0 Å². The molecule has 2 rings (SSSR count). The summed E-state index contributed by atoms with van der Waals surface area (Å²) in [5.74, 6) is 1.73. The molecule has 1 aliphatic heterocycles. The van der Waals surface area contributed by atoms with Crippen molar-refractivity contribution in [2.45, 2.75) is 31.8 Å². The van der Waals surface area contributed by atoms with Gasteiger partial charge in [0, 0.05) is 58.5 Å². The lowest BCUT2D eigenvalue weighted by Gasteiger charge is -2.33. The van der Waals surface area contributed by atoms with Crippen molar-refractivity contribution in [1.82, 2.24) is 15.5 Å². The Morgan fingerprint density at radius 1 is 1.31 bits per heavy atom. The Labute approximate surface area is 156 Å². The van der Waals surface area contributed by atoms with Gasteiger partial charge in [-0.05, 0) is 37.5 Å². The molecule has 3 N–H and O–H groups in total. The lowest BCUT2D eigenvalue weighted by atomic mass is 10.1. The molecule has 1 saturated heterocycles. The summed E-state index contributed by atoms with van der Waals surface area (Å²) in [4.78, 5) is 6.79. The topological polar surface area (TPSA) is 78.4 Å². The molecule has 7 heteroatoms. The summed E-state index contributed by atoms with van der Waals surface area (Å²) in [6, 6.07) is 5.63. The van der Waals surface area contributed by atoms with Gasteiger partial charge in [0.05, 0.1) is 7.11 Å². The van der Waals surface area contributed by atoms with Gasteiger partial charge in [-0.1, -0.05) is 0 Å². The van der Waals surface area contributed by atoms with Crippen molar-refractivity contribution in [2.75, 3.05) is 47.5 Å². The maximum absolute atomic E-state index is 9.99.